The highest BCUT2D eigenvalue weighted by atomic mass is 19.1. The van der Waals surface area contributed by atoms with Crippen LogP contribution in [0.3, 0.4) is 0 Å². The molecular formula is C24H28FNO2. The second-order valence-corrected chi connectivity index (χ2v) is 8.94. The second kappa shape index (κ2) is 6.94. The van der Waals surface area contributed by atoms with Crippen LogP contribution in [-0.4, -0.2) is 41.5 Å². The highest BCUT2D eigenvalue weighted by Crippen LogP contribution is 2.56. The maximum Gasteiger partial charge on any atom is 0.134 e. The van der Waals surface area contributed by atoms with Crippen molar-refractivity contribution in [1.29, 1.82) is 0 Å². The van der Waals surface area contributed by atoms with Crippen molar-refractivity contribution in [3.8, 4) is 11.1 Å². The molecule has 1 unspecified atom stereocenters. The van der Waals surface area contributed by atoms with E-state index in [4.69, 9.17) is 4.74 Å². The van der Waals surface area contributed by atoms with Crippen LogP contribution in [0.25, 0.3) is 11.1 Å². The van der Waals surface area contributed by atoms with Gasteiger partial charge in [0.1, 0.15) is 12.0 Å². The van der Waals surface area contributed by atoms with Crippen molar-refractivity contribution >= 4 is 0 Å². The zero-order valence-electron chi connectivity index (χ0n) is 16.4. The fourth-order valence-electron chi connectivity index (χ4n) is 5.01. The lowest BCUT2D eigenvalue weighted by molar-refractivity contribution is -0.171. The Kier molecular flexibility index (Phi) is 4.53. The van der Waals surface area contributed by atoms with Crippen LogP contribution >= 0.6 is 0 Å². The van der Waals surface area contributed by atoms with Gasteiger partial charge in [-0.25, -0.2) is 4.39 Å². The minimum Gasteiger partial charge on any atom is -0.376 e. The van der Waals surface area contributed by atoms with Gasteiger partial charge >= 0.3 is 0 Å². The molecule has 2 aliphatic heterocycles. The molecule has 0 amide bonds. The van der Waals surface area contributed by atoms with Crippen molar-refractivity contribution in [3.63, 3.8) is 0 Å². The molecule has 5 rings (SSSR count). The van der Waals surface area contributed by atoms with Crippen LogP contribution in [0.2, 0.25) is 0 Å². The molecule has 2 aromatic carbocycles. The number of aliphatic hydroxyl groups is 1. The maximum atomic E-state index is 15.5. The summed E-state index contributed by atoms with van der Waals surface area (Å²) < 4.78 is 21.0. The van der Waals surface area contributed by atoms with E-state index in [-0.39, 0.29) is 18.0 Å². The first-order valence-corrected chi connectivity index (χ1v) is 10.5. The Morgan fingerprint density at radius 2 is 1.93 bits per heavy atom. The van der Waals surface area contributed by atoms with E-state index in [2.05, 4.69) is 4.90 Å². The van der Waals surface area contributed by atoms with Crippen molar-refractivity contribution in [1.82, 2.24) is 4.90 Å². The van der Waals surface area contributed by atoms with E-state index in [1.165, 1.54) is 12.8 Å². The number of aliphatic hydroxyl groups excluding tert-OH is 1. The van der Waals surface area contributed by atoms with Crippen molar-refractivity contribution in [2.75, 3.05) is 13.2 Å². The van der Waals surface area contributed by atoms with Gasteiger partial charge < -0.3 is 9.84 Å². The second-order valence-electron chi connectivity index (χ2n) is 8.94. The molecule has 1 aliphatic carbocycles. The third-order valence-corrected chi connectivity index (χ3v) is 6.99. The van der Waals surface area contributed by atoms with Crippen LogP contribution in [0.15, 0.2) is 42.5 Å². The predicted molar refractivity (Wildman–Crippen MR) is 107 cm³/mol. The van der Waals surface area contributed by atoms with Crippen LogP contribution in [-0.2, 0) is 11.2 Å². The molecule has 148 valence electrons. The largest absolute Gasteiger partial charge is 0.376 e. The number of hydrogen-bond donors (Lipinski definition) is 1. The van der Waals surface area contributed by atoms with Crippen molar-refractivity contribution in [3.05, 3.63) is 59.4 Å². The minimum absolute atomic E-state index is 0.0838. The number of nitrogens with zero attached hydrogens (tertiary/aromatic N) is 1. The number of likely N-dealkylation sites (tertiary alicyclic amines) is 1. The molecular weight excluding hydrogens is 353 g/mol. The van der Waals surface area contributed by atoms with Gasteiger partial charge in [0, 0.05) is 31.2 Å². The van der Waals surface area contributed by atoms with Crippen LogP contribution in [0.4, 0.5) is 4.39 Å². The van der Waals surface area contributed by atoms with Crippen LogP contribution < -0.4 is 0 Å². The van der Waals surface area contributed by atoms with E-state index in [9.17, 15) is 5.11 Å². The summed E-state index contributed by atoms with van der Waals surface area (Å²) in [4.78, 5) is 2.19. The van der Waals surface area contributed by atoms with Crippen molar-refractivity contribution in [2.24, 2.45) is 5.41 Å². The van der Waals surface area contributed by atoms with Gasteiger partial charge in [0.25, 0.3) is 0 Å². The Balaban J connectivity index is 1.42. The number of ether oxygens (including phenoxy) is 1. The van der Waals surface area contributed by atoms with Crippen molar-refractivity contribution < 1.29 is 14.2 Å². The van der Waals surface area contributed by atoms with E-state index in [1.54, 1.807) is 0 Å². The Morgan fingerprint density at radius 1 is 1.18 bits per heavy atom. The molecule has 0 aromatic heterocycles. The quantitative estimate of drug-likeness (QED) is 0.838. The molecule has 4 heteroatoms. The van der Waals surface area contributed by atoms with Gasteiger partial charge in [0.05, 0.1) is 6.10 Å². The lowest BCUT2D eigenvalue weighted by Crippen LogP contribution is -2.51. The average molecular weight is 381 g/mol. The monoisotopic (exact) mass is 381 g/mol. The van der Waals surface area contributed by atoms with E-state index < -0.39 is 6.23 Å². The summed E-state index contributed by atoms with van der Waals surface area (Å²) in [6, 6.07) is 13.8. The van der Waals surface area contributed by atoms with Crippen LogP contribution in [0.5, 0.6) is 0 Å². The summed E-state index contributed by atoms with van der Waals surface area (Å²) in [5, 5.41) is 10.8. The standard InChI is InChI=1S/C24H28FNO2/c1-16-5-2-3-7-19(16)20-8-4-6-17(22(20)25)13-18-14-24(10-11-24)15-26(18)23(27)21-9-12-28-21/h2-8,18,21,23,27H,9-15H2,1H3/t18-,21?,23-/m0/s1. The molecule has 2 saturated heterocycles. The molecule has 3 atom stereocenters. The Morgan fingerprint density at radius 3 is 2.61 bits per heavy atom. The van der Waals surface area contributed by atoms with Gasteiger partial charge in [-0.05, 0) is 54.7 Å². The van der Waals surface area contributed by atoms with Crippen LogP contribution in [0, 0.1) is 18.2 Å². The normalized spacial score (nSPS) is 27.0. The highest BCUT2D eigenvalue weighted by molar-refractivity contribution is 5.68. The molecule has 2 heterocycles. The van der Waals surface area contributed by atoms with Crippen LogP contribution in [0.1, 0.15) is 36.8 Å². The number of hydrogen-bond acceptors (Lipinski definition) is 3. The molecule has 2 aromatic rings. The first kappa shape index (κ1) is 18.3. The number of halogens is 1. The third kappa shape index (κ3) is 3.18. The number of rotatable bonds is 5. The fraction of sp³-hybridized carbons (Fsp3) is 0.500. The lowest BCUT2D eigenvalue weighted by atomic mass is 9.93. The summed E-state index contributed by atoms with van der Waals surface area (Å²) in [5.74, 6) is -0.122. The smallest absolute Gasteiger partial charge is 0.134 e. The van der Waals surface area contributed by atoms with E-state index in [1.807, 2.05) is 49.4 Å². The zero-order chi connectivity index (χ0) is 19.3. The molecule has 1 saturated carbocycles. The summed E-state index contributed by atoms with van der Waals surface area (Å²) in [6.07, 6.45) is 4.39. The Hall–Kier alpha value is -1.75. The number of benzene rings is 2. The summed E-state index contributed by atoms with van der Waals surface area (Å²) in [7, 11) is 0. The minimum atomic E-state index is -0.568. The highest BCUT2D eigenvalue weighted by Gasteiger charge is 2.54. The first-order chi connectivity index (χ1) is 13.6. The Labute approximate surface area is 166 Å². The molecule has 3 nitrogen and oxygen atoms in total. The molecule has 1 N–H and O–H groups in total. The molecule has 3 aliphatic rings. The van der Waals surface area contributed by atoms with Gasteiger partial charge in [0.15, 0.2) is 0 Å². The first-order valence-electron chi connectivity index (χ1n) is 10.5. The Bertz CT molecular complexity index is 875. The van der Waals surface area contributed by atoms with E-state index >= 15 is 4.39 Å². The SMILES string of the molecule is Cc1ccccc1-c1cccc(C[C@H]2CC3(CC3)CN2[C@@H](O)C2CCO2)c1F. The molecule has 0 radical (unpaired) electrons. The maximum absolute atomic E-state index is 15.5. The van der Waals surface area contributed by atoms with E-state index in [0.29, 0.717) is 17.4 Å². The average Bonchev–Trinajstić information content (AvgIpc) is 3.29. The van der Waals surface area contributed by atoms with Crippen molar-refractivity contribution in [2.45, 2.75) is 57.4 Å². The van der Waals surface area contributed by atoms with E-state index in [0.717, 1.165) is 42.7 Å². The van der Waals surface area contributed by atoms with Gasteiger partial charge in [-0.15, -0.1) is 0 Å². The predicted octanol–water partition coefficient (Wildman–Crippen LogP) is 4.31. The zero-order valence-corrected chi connectivity index (χ0v) is 16.4. The van der Waals surface area contributed by atoms with Gasteiger partial charge in [-0.3, -0.25) is 4.90 Å². The number of aryl methyl sites for hydroxylation is 1. The third-order valence-electron chi connectivity index (χ3n) is 6.99. The topological polar surface area (TPSA) is 32.7 Å². The molecule has 3 fully saturated rings. The van der Waals surface area contributed by atoms with Gasteiger partial charge in [-0.1, -0.05) is 42.5 Å². The molecule has 1 spiro atoms. The summed E-state index contributed by atoms with van der Waals surface area (Å²) in [5.41, 5.74) is 3.79. The fourth-order valence-corrected chi connectivity index (χ4v) is 5.01. The van der Waals surface area contributed by atoms with Gasteiger partial charge in [-0.2, -0.15) is 0 Å². The van der Waals surface area contributed by atoms with Gasteiger partial charge in [0.2, 0.25) is 0 Å². The summed E-state index contributed by atoms with van der Waals surface area (Å²) >= 11 is 0. The molecule has 28 heavy (non-hydrogen) atoms. The molecule has 0 bridgehead atoms. The lowest BCUT2D eigenvalue weighted by Gasteiger charge is -2.38. The summed E-state index contributed by atoms with van der Waals surface area (Å²) in [6.45, 7) is 3.67.